The van der Waals surface area contributed by atoms with Gasteiger partial charge in [-0.2, -0.15) is 0 Å². The molecule has 9 heteroatoms. The summed E-state index contributed by atoms with van der Waals surface area (Å²) in [6.45, 7) is 2.06. The third kappa shape index (κ3) is 4.91. The molecule has 2 fully saturated rings. The second-order valence-electron chi connectivity index (χ2n) is 9.95. The van der Waals surface area contributed by atoms with Crippen LogP contribution in [0, 0.1) is 5.82 Å². The molecule has 3 aromatic carbocycles. The Morgan fingerprint density at radius 3 is 2.50 bits per heavy atom. The molecule has 0 saturated carbocycles. The molecular formula is C29H29FN4O3S. The first-order chi connectivity index (χ1) is 18.5. The standard InChI is InChI=1S/C29H29FN4O3S/c30-22-7-9-23(10-8-22)31-28(38)33-14-12-29(13-15-33)32-24(16-20-4-2-1-3-5-20)27(35)34(29)18-21-6-11-25-26(17-21)37-19-36-25/h1-11,17,24,32H,12-16,18-19H2,(H,31,38)/t24-/m0/s1. The summed E-state index contributed by atoms with van der Waals surface area (Å²) in [5, 5.41) is 7.53. The van der Waals surface area contributed by atoms with Crippen LogP contribution in [-0.4, -0.2) is 52.4 Å². The molecular weight excluding hydrogens is 503 g/mol. The number of halogens is 1. The van der Waals surface area contributed by atoms with Gasteiger partial charge in [0, 0.05) is 38.2 Å². The molecule has 0 unspecified atom stereocenters. The third-order valence-corrected chi connectivity index (χ3v) is 7.92. The predicted molar refractivity (Wildman–Crippen MR) is 146 cm³/mol. The van der Waals surface area contributed by atoms with Crippen molar-refractivity contribution < 1.29 is 18.7 Å². The summed E-state index contributed by atoms with van der Waals surface area (Å²) in [5.74, 6) is 1.26. The molecule has 0 bridgehead atoms. The molecule has 1 atom stereocenters. The molecule has 3 aliphatic heterocycles. The van der Waals surface area contributed by atoms with Gasteiger partial charge in [0.2, 0.25) is 12.7 Å². The molecule has 2 N–H and O–H groups in total. The maximum Gasteiger partial charge on any atom is 0.241 e. The molecule has 1 spiro atoms. The van der Waals surface area contributed by atoms with E-state index in [-0.39, 0.29) is 24.6 Å². The first-order valence-corrected chi connectivity index (χ1v) is 13.2. The van der Waals surface area contributed by atoms with Crippen molar-refractivity contribution in [3.8, 4) is 11.5 Å². The molecule has 3 aromatic rings. The lowest BCUT2D eigenvalue weighted by molar-refractivity contribution is -0.134. The molecule has 3 aliphatic rings. The van der Waals surface area contributed by atoms with Crippen molar-refractivity contribution in [1.82, 2.24) is 15.1 Å². The second kappa shape index (κ2) is 10.2. The lowest BCUT2D eigenvalue weighted by Crippen LogP contribution is -2.59. The molecule has 7 nitrogen and oxygen atoms in total. The van der Waals surface area contributed by atoms with Gasteiger partial charge in [-0.15, -0.1) is 0 Å². The zero-order valence-electron chi connectivity index (χ0n) is 20.9. The number of likely N-dealkylation sites (tertiary alicyclic amines) is 1. The average Bonchev–Trinajstić information content (AvgIpc) is 3.49. The van der Waals surface area contributed by atoms with Crippen molar-refractivity contribution in [1.29, 1.82) is 0 Å². The summed E-state index contributed by atoms with van der Waals surface area (Å²) in [6, 6.07) is 21.8. The van der Waals surface area contributed by atoms with Crippen molar-refractivity contribution in [3.63, 3.8) is 0 Å². The highest BCUT2D eigenvalue weighted by atomic mass is 32.1. The number of nitrogens with one attached hydrogen (secondary N) is 2. The van der Waals surface area contributed by atoms with Crippen LogP contribution in [-0.2, 0) is 17.8 Å². The quantitative estimate of drug-likeness (QED) is 0.476. The van der Waals surface area contributed by atoms with E-state index in [1.54, 1.807) is 12.1 Å². The van der Waals surface area contributed by atoms with Gasteiger partial charge in [0.15, 0.2) is 16.6 Å². The van der Waals surface area contributed by atoms with Crippen LogP contribution in [0.1, 0.15) is 24.0 Å². The Labute approximate surface area is 226 Å². The minimum absolute atomic E-state index is 0.104. The smallest absolute Gasteiger partial charge is 0.241 e. The first kappa shape index (κ1) is 24.6. The van der Waals surface area contributed by atoms with Gasteiger partial charge < -0.3 is 24.6 Å². The lowest BCUT2D eigenvalue weighted by Gasteiger charge is -2.45. The fourth-order valence-corrected chi connectivity index (χ4v) is 5.83. The summed E-state index contributed by atoms with van der Waals surface area (Å²) < 4.78 is 24.3. The van der Waals surface area contributed by atoms with Crippen LogP contribution >= 0.6 is 12.2 Å². The second-order valence-corrected chi connectivity index (χ2v) is 10.3. The van der Waals surface area contributed by atoms with Gasteiger partial charge in [-0.25, -0.2) is 4.39 Å². The number of nitrogens with zero attached hydrogens (tertiary/aromatic N) is 2. The minimum atomic E-state index is -0.477. The minimum Gasteiger partial charge on any atom is -0.454 e. The van der Waals surface area contributed by atoms with Gasteiger partial charge in [0.05, 0.1) is 11.7 Å². The topological polar surface area (TPSA) is 66.1 Å². The highest BCUT2D eigenvalue weighted by molar-refractivity contribution is 7.80. The number of rotatable bonds is 5. The van der Waals surface area contributed by atoms with Crippen LogP contribution < -0.4 is 20.1 Å². The molecule has 196 valence electrons. The highest BCUT2D eigenvalue weighted by Gasteiger charge is 2.51. The number of hydrogen-bond acceptors (Lipinski definition) is 5. The molecule has 1 amide bonds. The van der Waals surface area contributed by atoms with Crippen LogP contribution in [0.15, 0.2) is 72.8 Å². The molecule has 3 heterocycles. The number of benzene rings is 3. The van der Waals surface area contributed by atoms with Crippen molar-refractivity contribution in [2.24, 2.45) is 0 Å². The van der Waals surface area contributed by atoms with Crippen LogP contribution in [0.3, 0.4) is 0 Å². The number of thiocarbonyl (C=S) groups is 1. The summed E-state index contributed by atoms with van der Waals surface area (Å²) in [7, 11) is 0. The van der Waals surface area contributed by atoms with Crippen LogP contribution in [0.25, 0.3) is 0 Å². The van der Waals surface area contributed by atoms with Crippen molar-refractivity contribution >= 4 is 28.9 Å². The van der Waals surface area contributed by atoms with E-state index in [2.05, 4.69) is 27.7 Å². The van der Waals surface area contributed by atoms with Gasteiger partial charge in [-0.05, 0) is 66.2 Å². The Kier molecular flexibility index (Phi) is 6.63. The van der Waals surface area contributed by atoms with E-state index in [0.29, 0.717) is 36.9 Å². The van der Waals surface area contributed by atoms with Crippen molar-refractivity contribution in [3.05, 3.63) is 89.7 Å². The van der Waals surface area contributed by atoms with E-state index < -0.39 is 5.66 Å². The Morgan fingerprint density at radius 1 is 1.00 bits per heavy atom. The summed E-state index contributed by atoms with van der Waals surface area (Å²) >= 11 is 5.66. The Balaban J connectivity index is 1.20. The number of carbonyl (C=O) groups excluding carboxylic acids is 1. The number of ether oxygens (including phenoxy) is 2. The van der Waals surface area contributed by atoms with Gasteiger partial charge in [-0.1, -0.05) is 36.4 Å². The number of amides is 1. The molecule has 6 rings (SSSR count). The van der Waals surface area contributed by atoms with Gasteiger partial charge in [0.1, 0.15) is 5.82 Å². The molecule has 38 heavy (non-hydrogen) atoms. The number of piperidine rings is 1. The predicted octanol–water partition coefficient (Wildman–Crippen LogP) is 4.29. The Morgan fingerprint density at radius 2 is 1.74 bits per heavy atom. The number of fused-ring (bicyclic) bond motifs is 1. The molecule has 0 aromatic heterocycles. The maximum absolute atomic E-state index is 13.8. The van der Waals surface area contributed by atoms with Crippen molar-refractivity contribution in [2.75, 3.05) is 25.2 Å². The highest BCUT2D eigenvalue weighted by Crippen LogP contribution is 2.37. The van der Waals surface area contributed by atoms with E-state index >= 15 is 0 Å². The van der Waals surface area contributed by atoms with Crippen LogP contribution in [0.4, 0.5) is 10.1 Å². The first-order valence-electron chi connectivity index (χ1n) is 12.8. The summed E-state index contributed by atoms with van der Waals surface area (Å²) in [5.41, 5.74) is 2.40. The normalized spacial score (nSPS) is 19.7. The van der Waals surface area contributed by atoms with Crippen LogP contribution in [0.5, 0.6) is 11.5 Å². The van der Waals surface area contributed by atoms with E-state index in [1.807, 2.05) is 41.3 Å². The van der Waals surface area contributed by atoms with E-state index in [1.165, 1.54) is 12.1 Å². The zero-order valence-corrected chi connectivity index (χ0v) is 21.7. The summed E-state index contributed by atoms with van der Waals surface area (Å²) in [4.78, 5) is 17.9. The monoisotopic (exact) mass is 532 g/mol. The number of anilines is 1. The molecule has 2 saturated heterocycles. The van der Waals surface area contributed by atoms with Crippen LogP contribution in [0.2, 0.25) is 0 Å². The average molecular weight is 533 g/mol. The number of hydrogen-bond donors (Lipinski definition) is 2. The fourth-order valence-electron chi connectivity index (χ4n) is 5.53. The SMILES string of the molecule is O=C1[C@H](Cc2ccccc2)NC2(CCN(C(=S)Nc3ccc(F)cc3)CC2)N1Cc1ccc2c(c1)OCO2. The Bertz CT molecular complexity index is 1330. The summed E-state index contributed by atoms with van der Waals surface area (Å²) in [6.07, 6.45) is 2.08. The van der Waals surface area contributed by atoms with Crippen molar-refractivity contribution in [2.45, 2.75) is 37.5 Å². The third-order valence-electron chi connectivity index (χ3n) is 7.56. The zero-order chi connectivity index (χ0) is 26.1. The molecule has 0 radical (unpaired) electrons. The van der Waals surface area contributed by atoms with Gasteiger partial charge in [0.25, 0.3) is 0 Å². The number of carbonyl (C=O) groups is 1. The van der Waals surface area contributed by atoms with E-state index in [4.69, 9.17) is 21.7 Å². The lowest BCUT2D eigenvalue weighted by atomic mass is 9.95. The maximum atomic E-state index is 13.8. The van der Waals surface area contributed by atoms with E-state index in [9.17, 15) is 9.18 Å². The van der Waals surface area contributed by atoms with Gasteiger partial charge in [-0.3, -0.25) is 10.1 Å². The van der Waals surface area contributed by atoms with E-state index in [0.717, 1.165) is 35.4 Å². The largest absolute Gasteiger partial charge is 0.454 e. The van der Waals surface area contributed by atoms with Gasteiger partial charge >= 0.3 is 0 Å². The Hall–Kier alpha value is -3.69. The fraction of sp³-hybridized carbons (Fsp3) is 0.310. The molecule has 0 aliphatic carbocycles.